The number of carbonyl (C=O) groups is 1. The normalized spacial score (nSPS) is 15.2. The Balaban J connectivity index is 2.09. The molecule has 0 atom stereocenters. The molecule has 1 aromatic heterocycles. The van der Waals surface area contributed by atoms with E-state index in [0.29, 0.717) is 17.6 Å². The number of hydrogen-bond donors (Lipinski definition) is 2. The lowest BCUT2D eigenvalue weighted by Crippen LogP contribution is -2.18. The zero-order valence-corrected chi connectivity index (χ0v) is 11.9. The van der Waals surface area contributed by atoms with Crippen LogP contribution in [-0.4, -0.2) is 21.7 Å². The summed E-state index contributed by atoms with van der Waals surface area (Å²) in [6, 6.07) is 8.48. The van der Waals surface area contributed by atoms with Gasteiger partial charge in [0.1, 0.15) is 0 Å². The molecule has 2 aromatic rings. The van der Waals surface area contributed by atoms with Crippen LogP contribution in [0.3, 0.4) is 0 Å². The highest BCUT2D eigenvalue weighted by molar-refractivity contribution is 6.03. The zero-order valence-electron chi connectivity index (χ0n) is 11.9. The Kier molecular flexibility index (Phi) is 3.26. The van der Waals surface area contributed by atoms with Crippen LogP contribution < -0.4 is 5.32 Å². The summed E-state index contributed by atoms with van der Waals surface area (Å²) < 4.78 is 2.23. The Labute approximate surface area is 118 Å². The van der Waals surface area contributed by atoms with E-state index in [1.807, 2.05) is 18.2 Å². The summed E-state index contributed by atoms with van der Waals surface area (Å²) in [5.74, 6) is -0.863. The number of benzene rings is 1. The van der Waals surface area contributed by atoms with Gasteiger partial charge in [0.15, 0.2) is 0 Å². The lowest BCUT2D eigenvalue weighted by Gasteiger charge is -2.15. The minimum Gasteiger partial charge on any atom is -0.478 e. The minimum absolute atomic E-state index is 0.313. The lowest BCUT2D eigenvalue weighted by molar-refractivity contribution is 0.0699. The van der Waals surface area contributed by atoms with Gasteiger partial charge in [-0.05, 0) is 44.9 Å². The molecule has 1 saturated carbocycles. The Hall–Kier alpha value is -1.81. The van der Waals surface area contributed by atoms with Crippen LogP contribution in [-0.2, 0) is 6.54 Å². The summed E-state index contributed by atoms with van der Waals surface area (Å²) in [6.45, 7) is 5.07. The fourth-order valence-electron chi connectivity index (χ4n) is 2.77. The van der Waals surface area contributed by atoms with Crippen molar-refractivity contribution in [3.8, 4) is 0 Å². The fraction of sp³-hybridized carbons (Fsp3) is 0.438. The van der Waals surface area contributed by atoms with Crippen LogP contribution in [0.4, 0.5) is 0 Å². The van der Waals surface area contributed by atoms with Crippen molar-refractivity contribution in [1.82, 2.24) is 9.88 Å². The molecule has 3 rings (SSSR count). The van der Waals surface area contributed by atoms with Crippen LogP contribution >= 0.6 is 0 Å². The molecule has 1 aliphatic carbocycles. The average molecular weight is 272 g/mol. The van der Waals surface area contributed by atoms with Crippen LogP contribution in [0.1, 0.15) is 48.8 Å². The topological polar surface area (TPSA) is 54.3 Å². The van der Waals surface area contributed by atoms with Gasteiger partial charge in [-0.15, -0.1) is 0 Å². The van der Waals surface area contributed by atoms with Gasteiger partial charge in [-0.25, -0.2) is 4.79 Å². The number of nitrogens with zero attached hydrogens (tertiary/aromatic N) is 1. The Bertz CT molecular complexity index is 654. The molecule has 0 amide bonds. The van der Waals surface area contributed by atoms with Crippen LogP contribution in [0, 0.1) is 0 Å². The van der Waals surface area contributed by atoms with E-state index in [4.69, 9.17) is 0 Å². The van der Waals surface area contributed by atoms with Crippen molar-refractivity contribution < 1.29 is 9.90 Å². The molecular formula is C16H20N2O2. The van der Waals surface area contributed by atoms with Crippen molar-refractivity contribution in [2.75, 3.05) is 0 Å². The van der Waals surface area contributed by atoms with E-state index in [1.54, 1.807) is 6.07 Å². The first-order valence-electron chi connectivity index (χ1n) is 7.17. The SMILES string of the molecule is CC(C)n1c(CNC2CC2)cc2c(C(=O)O)cccc21. The number of nitrogens with one attached hydrogen (secondary N) is 1. The van der Waals surface area contributed by atoms with Gasteiger partial charge >= 0.3 is 5.97 Å². The van der Waals surface area contributed by atoms with Gasteiger partial charge < -0.3 is 15.0 Å². The summed E-state index contributed by atoms with van der Waals surface area (Å²) >= 11 is 0. The minimum atomic E-state index is -0.863. The smallest absolute Gasteiger partial charge is 0.336 e. The summed E-state index contributed by atoms with van der Waals surface area (Å²) in [5, 5.41) is 13.7. The zero-order chi connectivity index (χ0) is 14.3. The number of carboxylic acid groups (broad SMARTS) is 1. The molecular weight excluding hydrogens is 252 g/mol. The Morgan fingerprint density at radius 3 is 2.80 bits per heavy atom. The predicted octanol–water partition coefficient (Wildman–Crippen LogP) is 3.17. The van der Waals surface area contributed by atoms with E-state index < -0.39 is 5.97 Å². The van der Waals surface area contributed by atoms with E-state index in [-0.39, 0.29) is 0 Å². The number of hydrogen-bond acceptors (Lipinski definition) is 2. The van der Waals surface area contributed by atoms with Crippen molar-refractivity contribution >= 4 is 16.9 Å². The number of fused-ring (bicyclic) bond motifs is 1. The van der Waals surface area contributed by atoms with E-state index in [2.05, 4.69) is 23.7 Å². The highest BCUT2D eigenvalue weighted by atomic mass is 16.4. The first kappa shape index (κ1) is 13.2. The summed E-state index contributed by atoms with van der Waals surface area (Å²) in [7, 11) is 0. The van der Waals surface area contributed by atoms with Crippen molar-refractivity contribution in [2.24, 2.45) is 0 Å². The molecule has 2 N–H and O–H groups in total. The maximum absolute atomic E-state index is 11.4. The van der Waals surface area contributed by atoms with Crippen molar-refractivity contribution in [2.45, 2.75) is 45.3 Å². The predicted molar refractivity (Wildman–Crippen MR) is 79.1 cm³/mol. The van der Waals surface area contributed by atoms with Gasteiger partial charge in [0, 0.05) is 35.2 Å². The molecule has 4 nitrogen and oxygen atoms in total. The Morgan fingerprint density at radius 2 is 2.20 bits per heavy atom. The highest BCUT2D eigenvalue weighted by Crippen LogP contribution is 2.28. The maximum Gasteiger partial charge on any atom is 0.336 e. The molecule has 1 heterocycles. The summed E-state index contributed by atoms with van der Waals surface area (Å²) in [4.78, 5) is 11.4. The molecule has 0 radical (unpaired) electrons. The van der Waals surface area contributed by atoms with E-state index in [0.717, 1.165) is 23.1 Å². The quantitative estimate of drug-likeness (QED) is 0.879. The third-order valence-electron chi connectivity index (χ3n) is 3.86. The van der Waals surface area contributed by atoms with Crippen LogP contribution in [0.5, 0.6) is 0 Å². The number of rotatable bonds is 5. The molecule has 0 saturated heterocycles. The van der Waals surface area contributed by atoms with Crippen molar-refractivity contribution in [1.29, 1.82) is 0 Å². The molecule has 4 heteroatoms. The standard InChI is InChI=1S/C16H20N2O2/c1-10(2)18-12(9-17-11-6-7-11)8-14-13(16(19)20)4-3-5-15(14)18/h3-5,8,10-11,17H,6-7,9H2,1-2H3,(H,19,20). The second kappa shape index (κ2) is 4.94. The van der Waals surface area contributed by atoms with Gasteiger partial charge in [-0.1, -0.05) is 6.07 Å². The molecule has 0 aliphatic heterocycles. The number of aromatic nitrogens is 1. The van der Waals surface area contributed by atoms with Crippen LogP contribution in [0.25, 0.3) is 10.9 Å². The van der Waals surface area contributed by atoms with Gasteiger partial charge in [0.25, 0.3) is 0 Å². The third-order valence-corrected chi connectivity index (χ3v) is 3.86. The first-order valence-corrected chi connectivity index (χ1v) is 7.17. The maximum atomic E-state index is 11.4. The lowest BCUT2D eigenvalue weighted by atomic mass is 10.1. The summed E-state index contributed by atoms with van der Waals surface area (Å²) in [6.07, 6.45) is 2.50. The highest BCUT2D eigenvalue weighted by Gasteiger charge is 2.22. The van der Waals surface area contributed by atoms with Gasteiger partial charge in [0.2, 0.25) is 0 Å². The molecule has 20 heavy (non-hydrogen) atoms. The first-order chi connectivity index (χ1) is 9.58. The number of aromatic carboxylic acids is 1. The third kappa shape index (κ3) is 2.31. The molecule has 106 valence electrons. The second-order valence-electron chi connectivity index (χ2n) is 5.80. The van der Waals surface area contributed by atoms with Crippen molar-refractivity contribution in [3.63, 3.8) is 0 Å². The second-order valence-corrected chi connectivity index (χ2v) is 5.80. The number of carboxylic acids is 1. The Morgan fingerprint density at radius 1 is 1.45 bits per heavy atom. The molecule has 0 spiro atoms. The van der Waals surface area contributed by atoms with Crippen LogP contribution in [0.2, 0.25) is 0 Å². The fourth-order valence-corrected chi connectivity index (χ4v) is 2.77. The summed E-state index contributed by atoms with van der Waals surface area (Å²) in [5.41, 5.74) is 2.55. The van der Waals surface area contributed by atoms with Gasteiger partial charge in [0.05, 0.1) is 5.56 Å². The molecule has 0 bridgehead atoms. The van der Waals surface area contributed by atoms with Gasteiger partial charge in [-0.2, -0.15) is 0 Å². The van der Waals surface area contributed by atoms with E-state index >= 15 is 0 Å². The average Bonchev–Trinajstić information content (AvgIpc) is 3.14. The van der Waals surface area contributed by atoms with E-state index in [9.17, 15) is 9.90 Å². The monoisotopic (exact) mass is 272 g/mol. The largest absolute Gasteiger partial charge is 0.478 e. The van der Waals surface area contributed by atoms with Crippen LogP contribution in [0.15, 0.2) is 24.3 Å². The molecule has 0 unspecified atom stereocenters. The molecule has 1 aliphatic rings. The van der Waals surface area contributed by atoms with Crippen molar-refractivity contribution in [3.05, 3.63) is 35.5 Å². The van der Waals surface area contributed by atoms with E-state index in [1.165, 1.54) is 12.8 Å². The van der Waals surface area contributed by atoms with Gasteiger partial charge in [-0.3, -0.25) is 0 Å². The molecule has 1 aromatic carbocycles. The molecule has 1 fully saturated rings.